The van der Waals surface area contributed by atoms with E-state index in [4.69, 9.17) is 4.74 Å². The highest BCUT2D eigenvalue weighted by atomic mass is 16.5. The van der Waals surface area contributed by atoms with Crippen molar-refractivity contribution in [3.8, 4) is 5.75 Å². The van der Waals surface area contributed by atoms with E-state index in [-0.39, 0.29) is 29.4 Å². The third-order valence-corrected chi connectivity index (χ3v) is 6.76. The average Bonchev–Trinajstić information content (AvgIpc) is 3.42. The van der Waals surface area contributed by atoms with Gasteiger partial charge in [0.15, 0.2) is 5.78 Å². The van der Waals surface area contributed by atoms with Crippen LogP contribution in [-0.2, 0) is 9.59 Å². The predicted molar refractivity (Wildman–Crippen MR) is 108 cm³/mol. The number of rotatable bonds is 4. The largest absolute Gasteiger partial charge is 0.423 e. The number of hydrogen-bond donors (Lipinski definition) is 0. The van der Waals surface area contributed by atoms with E-state index in [1.54, 1.807) is 48.5 Å². The SMILES string of the molecule is CC(=O)c1ccc(OC(=O)c2ccc(N3C(=O)[C@@H]4[C@H]5CC[C@H](C5)[C@@H]4C3=O)cc2)cc1. The molecule has 1 saturated heterocycles. The Bertz CT molecular complexity index is 1030. The molecule has 3 aliphatic rings. The van der Waals surface area contributed by atoms with Crippen LogP contribution in [0.2, 0.25) is 0 Å². The van der Waals surface area contributed by atoms with Crippen molar-refractivity contribution in [2.45, 2.75) is 26.2 Å². The van der Waals surface area contributed by atoms with Gasteiger partial charge in [0.1, 0.15) is 5.75 Å². The zero-order valence-corrected chi connectivity index (χ0v) is 16.5. The van der Waals surface area contributed by atoms with Gasteiger partial charge in [-0.2, -0.15) is 0 Å². The molecule has 2 bridgehead atoms. The van der Waals surface area contributed by atoms with Crippen molar-refractivity contribution >= 4 is 29.3 Å². The molecule has 4 atom stereocenters. The number of carbonyl (C=O) groups excluding carboxylic acids is 4. The highest BCUT2D eigenvalue weighted by molar-refractivity contribution is 6.22. The van der Waals surface area contributed by atoms with E-state index in [1.807, 2.05) is 0 Å². The van der Waals surface area contributed by atoms with Crippen molar-refractivity contribution in [3.05, 3.63) is 59.7 Å². The molecule has 6 heteroatoms. The number of fused-ring (bicyclic) bond motifs is 5. The van der Waals surface area contributed by atoms with Crippen molar-refractivity contribution < 1.29 is 23.9 Å². The number of ketones is 1. The Labute approximate surface area is 173 Å². The third-order valence-electron chi connectivity index (χ3n) is 6.76. The van der Waals surface area contributed by atoms with E-state index in [0.717, 1.165) is 19.3 Å². The number of benzene rings is 2. The van der Waals surface area contributed by atoms with Crippen LogP contribution in [0.5, 0.6) is 5.75 Å². The van der Waals surface area contributed by atoms with E-state index in [1.165, 1.54) is 11.8 Å². The summed E-state index contributed by atoms with van der Waals surface area (Å²) in [6.07, 6.45) is 3.08. The quantitative estimate of drug-likeness (QED) is 0.337. The average molecular weight is 403 g/mol. The van der Waals surface area contributed by atoms with Crippen LogP contribution in [0.25, 0.3) is 0 Å². The smallest absolute Gasteiger partial charge is 0.343 e. The molecular formula is C24H21NO5. The Morgan fingerprint density at radius 3 is 1.90 bits per heavy atom. The fraction of sp³-hybridized carbons (Fsp3) is 0.333. The molecule has 152 valence electrons. The number of hydrogen-bond acceptors (Lipinski definition) is 5. The normalized spacial score (nSPS) is 26.8. The number of carbonyl (C=O) groups is 4. The third kappa shape index (κ3) is 2.86. The second-order valence-corrected chi connectivity index (χ2v) is 8.41. The Morgan fingerprint density at radius 1 is 0.833 bits per heavy atom. The van der Waals surface area contributed by atoms with Crippen molar-refractivity contribution in [1.29, 1.82) is 0 Å². The lowest BCUT2D eigenvalue weighted by Crippen LogP contribution is -2.32. The lowest BCUT2D eigenvalue weighted by molar-refractivity contribution is -0.123. The van der Waals surface area contributed by atoms with Gasteiger partial charge in [0.2, 0.25) is 11.8 Å². The van der Waals surface area contributed by atoms with E-state index in [9.17, 15) is 19.2 Å². The number of imide groups is 1. The van der Waals surface area contributed by atoms with E-state index in [0.29, 0.717) is 34.4 Å². The lowest BCUT2D eigenvalue weighted by atomic mass is 9.81. The minimum Gasteiger partial charge on any atom is -0.423 e. The second-order valence-electron chi connectivity index (χ2n) is 8.41. The summed E-state index contributed by atoms with van der Waals surface area (Å²) in [7, 11) is 0. The number of esters is 1. The van der Waals surface area contributed by atoms with Gasteiger partial charge >= 0.3 is 5.97 Å². The molecule has 2 aromatic rings. The molecule has 1 heterocycles. The zero-order valence-electron chi connectivity index (χ0n) is 16.5. The molecule has 2 aliphatic carbocycles. The van der Waals surface area contributed by atoms with Crippen LogP contribution in [0.1, 0.15) is 46.9 Å². The molecule has 0 unspecified atom stereocenters. The highest BCUT2D eigenvalue weighted by Crippen LogP contribution is 2.56. The summed E-state index contributed by atoms with van der Waals surface area (Å²) in [4.78, 5) is 50.9. The van der Waals surface area contributed by atoms with Crippen molar-refractivity contribution in [1.82, 2.24) is 0 Å². The van der Waals surface area contributed by atoms with Crippen molar-refractivity contribution in [2.24, 2.45) is 23.7 Å². The second kappa shape index (κ2) is 6.90. The monoisotopic (exact) mass is 403 g/mol. The molecule has 0 aromatic heterocycles. The van der Waals surface area contributed by atoms with Crippen LogP contribution in [0.4, 0.5) is 5.69 Å². The van der Waals surface area contributed by atoms with Gasteiger partial charge in [-0.05, 0) is 86.6 Å². The molecule has 3 fully saturated rings. The Balaban J connectivity index is 1.31. The first kappa shape index (κ1) is 18.7. The molecule has 30 heavy (non-hydrogen) atoms. The summed E-state index contributed by atoms with van der Waals surface area (Å²) < 4.78 is 5.34. The summed E-state index contributed by atoms with van der Waals surface area (Å²) in [6.45, 7) is 1.47. The predicted octanol–water partition coefficient (Wildman–Crippen LogP) is 3.64. The first-order chi connectivity index (χ1) is 14.4. The van der Waals surface area contributed by atoms with Gasteiger partial charge in [0.25, 0.3) is 0 Å². The summed E-state index contributed by atoms with van der Waals surface area (Å²) in [6, 6.07) is 12.7. The molecule has 6 nitrogen and oxygen atoms in total. The summed E-state index contributed by atoms with van der Waals surface area (Å²) >= 11 is 0. The standard InChI is InChI=1S/C24H21NO5/c1-13(26)14-6-10-19(11-7-14)30-24(29)15-4-8-18(9-5-15)25-22(27)20-16-2-3-17(12-16)21(20)23(25)28/h4-11,16-17,20-21H,2-3,12H2,1H3/t16-,17+,20+,21-. The van der Waals surface area contributed by atoms with Gasteiger partial charge in [0, 0.05) is 5.56 Å². The van der Waals surface area contributed by atoms with E-state index < -0.39 is 5.97 Å². The van der Waals surface area contributed by atoms with Gasteiger partial charge in [0.05, 0.1) is 23.1 Å². The van der Waals surface area contributed by atoms with E-state index >= 15 is 0 Å². The molecule has 2 aromatic carbocycles. The van der Waals surface area contributed by atoms with Gasteiger partial charge in [-0.15, -0.1) is 0 Å². The fourth-order valence-electron chi connectivity index (χ4n) is 5.33. The maximum Gasteiger partial charge on any atom is 0.343 e. The maximum absolute atomic E-state index is 12.9. The molecule has 0 spiro atoms. The van der Waals surface area contributed by atoms with Crippen molar-refractivity contribution in [2.75, 3.05) is 4.90 Å². The number of ether oxygens (including phenoxy) is 1. The van der Waals surface area contributed by atoms with Gasteiger partial charge in [-0.25, -0.2) is 4.79 Å². The van der Waals surface area contributed by atoms with Gasteiger partial charge in [-0.1, -0.05) is 0 Å². The van der Waals surface area contributed by atoms with Crippen LogP contribution in [0.15, 0.2) is 48.5 Å². The van der Waals surface area contributed by atoms with Crippen LogP contribution in [-0.4, -0.2) is 23.6 Å². The van der Waals surface area contributed by atoms with E-state index in [2.05, 4.69) is 0 Å². The van der Waals surface area contributed by atoms with Crippen LogP contribution in [0, 0.1) is 23.7 Å². The summed E-state index contributed by atoms with van der Waals surface area (Å²) in [5.74, 6) is -0.135. The number of anilines is 1. The number of Topliss-reactive ketones (excluding diaryl/α,β-unsaturated/α-hetero) is 1. The molecule has 1 aliphatic heterocycles. The summed E-state index contributed by atoms with van der Waals surface area (Å²) in [5.41, 5.74) is 1.35. The molecule has 0 radical (unpaired) electrons. The number of amides is 2. The number of nitrogens with zero attached hydrogens (tertiary/aromatic N) is 1. The van der Waals surface area contributed by atoms with Crippen LogP contribution >= 0.6 is 0 Å². The first-order valence-electron chi connectivity index (χ1n) is 10.2. The highest BCUT2D eigenvalue weighted by Gasteiger charge is 2.61. The van der Waals surface area contributed by atoms with Crippen LogP contribution < -0.4 is 9.64 Å². The maximum atomic E-state index is 12.9. The zero-order chi connectivity index (χ0) is 21.0. The Morgan fingerprint density at radius 2 is 1.37 bits per heavy atom. The van der Waals surface area contributed by atoms with Crippen molar-refractivity contribution in [3.63, 3.8) is 0 Å². The lowest BCUT2D eigenvalue weighted by Gasteiger charge is -2.19. The minimum atomic E-state index is -0.550. The fourth-order valence-corrected chi connectivity index (χ4v) is 5.33. The topological polar surface area (TPSA) is 80.8 Å². The summed E-state index contributed by atoms with van der Waals surface area (Å²) in [5, 5.41) is 0. The molecule has 2 amide bonds. The molecular weight excluding hydrogens is 382 g/mol. The molecule has 2 saturated carbocycles. The van der Waals surface area contributed by atoms with Gasteiger partial charge < -0.3 is 4.74 Å². The first-order valence-corrected chi connectivity index (χ1v) is 10.2. The Hall–Kier alpha value is -3.28. The van der Waals surface area contributed by atoms with Crippen LogP contribution in [0.3, 0.4) is 0 Å². The Kier molecular flexibility index (Phi) is 4.31. The minimum absolute atomic E-state index is 0.0633. The van der Waals surface area contributed by atoms with Gasteiger partial charge in [-0.3, -0.25) is 19.3 Å². The molecule has 0 N–H and O–H groups in total. The molecule has 5 rings (SSSR count).